The summed E-state index contributed by atoms with van der Waals surface area (Å²) in [5.41, 5.74) is 2.16. The number of rotatable bonds is 4. The van der Waals surface area contributed by atoms with E-state index in [0.717, 1.165) is 11.1 Å². The zero-order chi connectivity index (χ0) is 11.5. The zero-order valence-corrected chi connectivity index (χ0v) is 10.1. The first-order valence-corrected chi connectivity index (χ1v) is 6.90. The lowest BCUT2D eigenvalue weighted by Crippen LogP contribution is -2.25. The largest absolute Gasteiger partial charge is 0.312 e. The van der Waals surface area contributed by atoms with Gasteiger partial charge in [-0.15, -0.1) is 0 Å². The van der Waals surface area contributed by atoms with Crippen molar-refractivity contribution >= 4 is 9.84 Å². The molecule has 1 aromatic carbocycles. The molecule has 1 aromatic rings. The predicted octanol–water partition coefficient (Wildman–Crippen LogP) is 1.30. The summed E-state index contributed by atoms with van der Waals surface area (Å²) in [6.45, 7) is 1.99. The minimum absolute atomic E-state index is 0.124. The summed E-state index contributed by atoms with van der Waals surface area (Å²) in [5.74, 6) is 0.133. The third-order valence-corrected chi connectivity index (χ3v) is 3.32. The van der Waals surface area contributed by atoms with E-state index >= 15 is 0 Å². The van der Waals surface area contributed by atoms with Crippen molar-refractivity contribution in [2.75, 3.05) is 19.1 Å². The van der Waals surface area contributed by atoms with Crippen LogP contribution in [0.15, 0.2) is 24.3 Å². The van der Waals surface area contributed by atoms with Crippen molar-refractivity contribution < 1.29 is 8.42 Å². The van der Waals surface area contributed by atoms with Crippen LogP contribution in [0.5, 0.6) is 0 Å². The van der Waals surface area contributed by atoms with Gasteiger partial charge in [-0.1, -0.05) is 24.3 Å². The van der Waals surface area contributed by atoms with Gasteiger partial charge in [-0.05, 0) is 25.1 Å². The van der Waals surface area contributed by atoms with Gasteiger partial charge >= 0.3 is 0 Å². The van der Waals surface area contributed by atoms with Gasteiger partial charge in [0.1, 0.15) is 9.84 Å². The zero-order valence-electron chi connectivity index (χ0n) is 9.32. The van der Waals surface area contributed by atoms with Crippen molar-refractivity contribution in [1.82, 2.24) is 5.32 Å². The average molecular weight is 227 g/mol. The van der Waals surface area contributed by atoms with Gasteiger partial charge in [0.25, 0.3) is 0 Å². The molecule has 0 spiro atoms. The molecule has 1 N–H and O–H groups in total. The van der Waals surface area contributed by atoms with E-state index in [9.17, 15) is 8.42 Å². The molecule has 0 saturated carbocycles. The number of nitrogens with one attached hydrogen (secondary N) is 1. The maximum Gasteiger partial charge on any atom is 0.149 e. The molecule has 15 heavy (non-hydrogen) atoms. The highest BCUT2D eigenvalue weighted by molar-refractivity contribution is 7.90. The fourth-order valence-electron chi connectivity index (χ4n) is 1.61. The highest BCUT2D eigenvalue weighted by atomic mass is 32.2. The SMILES string of the molecule is CNC(CS(C)(=O)=O)c1ccccc1C. The van der Waals surface area contributed by atoms with Crippen LogP contribution in [0.4, 0.5) is 0 Å². The van der Waals surface area contributed by atoms with Crippen molar-refractivity contribution in [3.05, 3.63) is 35.4 Å². The van der Waals surface area contributed by atoms with Crippen molar-refractivity contribution in [1.29, 1.82) is 0 Å². The standard InChI is InChI=1S/C11H17NO2S/c1-9-6-4-5-7-10(9)11(12-2)8-15(3,13)14/h4-7,11-12H,8H2,1-3H3. The van der Waals surface area contributed by atoms with Gasteiger partial charge in [0.2, 0.25) is 0 Å². The lowest BCUT2D eigenvalue weighted by atomic mass is 10.0. The average Bonchev–Trinajstić information content (AvgIpc) is 2.14. The third-order valence-electron chi connectivity index (χ3n) is 2.38. The summed E-state index contributed by atoms with van der Waals surface area (Å²) in [7, 11) is -1.18. The quantitative estimate of drug-likeness (QED) is 0.843. The van der Waals surface area contributed by atoms with E-state index in [1.165, 1.54) is 6.26 Å². The molecular formula is C11H17NO2S. The van der Waals surface area contributed by atoms with Crippen molar-refractivity contribution in [3.8, 4) is 0 Å². The first kappa shape index (κ1) is 12.2. The van der Waals surface area contributed by atoms with Crippen molar-refractivity contribution in [3.63, 3.8) is 0 Å². The summed E-state index contributed by atoms with van der Waals surface area (Å²) in [4.78, 5) is 0. The van der Waals surface area contributed by atoms with E-state index < -0.39 is 9.84 Å². The first-order valence-electron chi connectivity index (χ1n) is 4.84. The molecule has 0 aromatic heterocycles. The summed E-state index contributed by atoms with van der Waals surface area (Å²) in [6, 6.07) is 7.70. The van der Waals surface area contributed by atoms with Crippen LogP contribution in [-0.4, -0.2) is 27.5 Å². The molecule has 84 valence electrons. The number of benzene rings is 1. The Labute approximate surface area is 91.4 Å². The van der Waals surface area contributed by atoms with Gasteiger partial charge in [0, 0.05) is 12.3 Å². The molecule has 0 bridgehead atoms. The Kier molecular flexibility index (Phi) is 3.88. The van der Waals surface area contributed by atoms with Crippen molar-refractivity contribution in [2.45, 2.75) is 13.0 Å². The summed E-state index contributed by atoms with van der Waals surface area (Å²) in [5, 5.41) is 3.04. The summed E-state index contributed by atoms with van der Waals surface area (Å²) in [6.07, 6.45) is 1.26. The molecule has 3 nitrogen and oxygen atoms in total. The molecule has 1 atom stereocenters. The highest BCUT2D eigenvalue weighted by Gasteiger charge is 2.16. The van der Waals surface area contributed by atoms with Gasteiger partial charge in [-0.3, -0.25) is 0 Å². The topological polar surface area (TPSA) is 46.2 Å². The molecule has 1 rings (SSSR count). The fourth-order valence-corrected chi connectivity index (χ4v) is 2.56. The molecule has 0 amide bonds. The predicted molar refractivity (Wildman–Crippen MR) is 62.7 cm³/mol. The highest BCUT2D eigenvalue weighted by Crippen LogP contribution is 2.18. The summed E-state index contributed by atoms with van der Waals surface area (Å²) < 4.78 is 22.5. The molecule has 1 unspecified atom stereocenters. The fraction of sp³-hybridized carbons (Fsp3) is 0.455. The van der Waals surface area contributed by atoms with E-state index in [1.807, 2.05) is 31.2 Å². The van der Waals surface area contributed by atoms with E-state index in [2.05, 4.69) is 5.32 Å². The lowest BCUT2D eigenvalue weighted by Gasteiger charge is -2.17. The third kappa shape index (κ3) is 3.64. The summed E-state index contributed by atoms with van der Waals surface area (Å²) >= 11 is 0. The second-order valence-corrected chi connectivity index (χ2v) is 5.98. The normalized spacial score (nSPS) is 13.8. The Balaban J connectivity index is 2.98. The molecule has 0 aliphatic carbocycles. The molecule has 0 radical (unpaired) electrons. The van der Waals surface area contributed by atoms with Crippen molar-refractivity contribution in [2.24, 2.45) is 0 Å². The number of hydrogen-bond acceptors (Lipinski definition) is 3. The Morgan fingerprint density at radius 2 is 1.93 bits per heavy atom. The molecule has 0 fully saturated rings. The van der Waals surface area contributed by atoms with Crippen LogP contribution in [0.3, 0.4) is 0 Å². The van der Waals surface area contributed by atoms with Crippen LogP contribution in [0.2, 0.25) is 0 Å². The van der Waals surface area contributed by atoms with E-state index in [1.54, 1.807) is 7.05 Å². The molecule has 4 heteroatoms. The molecule has 0 aliphatic heterocycles. The van der Waals surface area contributed by atoms with Gasteiger partial charge < -0.3 is 5.32 Å². The van der Waals surface area contributed by atoms with Gasteiger partial charge in [0.05, 0.1) is 5.75 Å². The lowest BCUT2D eigenvalue weighted by molar-refractivity contribution is 0.578. The molecule has 0 aliphatic rings. The molecule has 0 saturated heterocycles. The number of hydrogen-bond donors (Lipinski definition) is 1. The molecular weight excluding hydrogens is 210 g/mol. The van der Waals surface area contributed by atoms with E-state index in [4.69, 9.17) is 0 Å². The Morgan fingerprint density at radius 3 is 2.40 bits per heavy atom. The first-order chi connectivity index (χ1) is 6.94. The van der Waals surface area contributed by atoms with E-state index in [0.29, 0.717) is 0 Å². The monoisotopic (exact) mass is 227 g/mol. The number of sulfone groups is 1. The van der Waals surface area contributed by atoms with Crippen LogP contribution >= 0.6 is 0 Å². The van der Waals surface area contributed by atoms with Crippen LogP contribution < -0.4 is 5.32 Å². The smallest absolute Gasteiger partial charge is 0.149 e. The van der Waals surface area contributed by atoms with Gasteiger partial charge in [0.15, 0.2) is 0 Å². The van der Waals surface area contributed by atoms with Crippen LogP contribution in [0.1, 0.15) is 17.2 Å². The van der Waals surface area contributed by atoms with Crippen LogP contribution in [0, 0.1) is 6.92 Å². The minimum atomic E-state index is -2.96. The minimum Gasteiger partial charge on any atom is -0.312 e. The van der Waals surface area contributed by atoms with Gasteiger partial charge in [-0.25, -0.2) is 8.42 Å². The number of aryl methyl sites for hydroxylation is 1. The Hall–Kier alpha value is -0.870. The Bertz CT molecular complexity index is 426. The van der Waals surface area contributed by atoms with Gasteiger partial charge in [-0.2, -0.15) is 0 Å². The van der Waals surface area contributed by atoms with E-state index in [-0.39, 0.29) is 11.8 Å². The Morgan fingerprint density at radius 1 is 1.33 bits per heavy atom. The van der Waals surface area contributed by atoms with Crippen LogP contribution in [-0.2, 0) is 9.84 Å². The second-order valence-electron chi connectivity index (χ2n) is 3.79. The second kappa shape index (κ2) is 4.77. The maximum atomic E-state index is 11.2. The maximum absolute atomic E-state index is 11.2. The molecule has 0 heterocycles. The van der Waals surface area contributed by atoms with Crippen LogP contribution in [0.25, 0.3) is 0 Å².